The monoisotopic (exact) mass is 355 g/mol. The number of benzene rings is 1. The minimum Gasteiger partial charge on any atom is -0.307 e. The fourth-order valence-corrected chi connectivity index (χ4v) is 3.41. The number of hydrogen-bond acceptors (Lipinski definition) is 4. The largest absolute Gasteiger partial charge is 0.307 e. The van der Waals surface area contributed by atoms with Crippen LogP contribution in [0.5, 0.6) is 0 Å². The van der Waals surface area contributed by atoms with Crippen molar-refractivity contribution in [2.45, 2.75) is 10.9 Å². The molecule has 0 aliphatic rings. The van der Waals surface area contributed by atoms with E-state index in [9.17, 15) is 0 Å². The lowest BCUT2D eigenvalue weighted by atomic mass is 10.2. The predicted octanol–water partition coefficient (Wildman–Crippen LogP) is 4.08. The van der Waals surface area contributed by atoms with E-state index in [1.807, 2.05) is 70.9 Å². The smallest absolute Gasteiger partial charge is 0.191 e. The summed E-state index contributed by atoms with van der Waals surface area (Å²) in [6, 6.07) is 13.6. The summed E-state index contributed by atoms with van der Waals surface area (Å²) in [7, 11) is 1.97. The highest BCUT2D eigenvalue weighted by atomic mass is 35.5. The van der Waals surface area contributed by atoms with E-state index in [1.165, 1.54) is 0 Å². The minimum absolute atomic E-state index is 0.711. The first kappa shape index (κ1) is 15.2. The lowest BCUT2D eigenvalue weighted by Gasteiger charge is -2.03. The normalized spacial score (nSPS) is 11.2. The standard InChI is InChI=1S/C17H14ClN5S/c1-22-16(12-5-7-13(18)8-6-12)20-21-17(22)24-11-14-10-23-9-3-2-4-15(23)19-14/h2-10H,11H2,1H3. The van der Waals surface area contributed by atoms with Gasteiger partial charge in [0.1, 0.15) is 5.65 Å². The Labute approximate surface area is 148 Å². The maximum Gasteiger partial charge on any atom is 0.191 e. The van der Waals surface area contributed by atoms with E-state index in [1.54, 1.807) is 11.8 Å². The summed E-state index contributed by atoms with van der Waals surface area (Å²) in [4.78, 5) is 4.60. The Morgan fingerprint density at radius 1 is 1.08 bits per heavy atom. The van der Waals surface area contributed by atoms with Gasteiger partial charge in [0, 0.05) is 35.8 Å². The number of nitrogens with zero attached hydrogens (tertiary/aromatic N) is 5. The average Bonchev–Trinajstić information content (AvgIpc) is 3.17. The number of imidazole rings is 1. The van der Waals surface area contributed by atoms with Crippen LogP contribution in [0.2, 0.25) is 5.02 Å². The third-order valence-corrected chi connectivity index (χ3v) is 5.01. The number of hydrogen-bond donors (Lipinski definition) is 0. The lowest BCUT2D eigenvalue weighted by molar-refractivity contribution is 0.793. The molecule has 0 radical (unpaired) electrons. The van der Waals surface area contributed by atoms with Crippen LogP contribution in [0.1, 0.15) is 5.69 Å². The summed E-state index contributed by atoms with van der Waals surface area (Å²) >= 11 is 7.56. The van der Waals surface area contributed by atoms with Crippen LogP contribution in [0.4, 0.5) is 0 Å². The van der Waals surface area contributed by atoms with Crippen molar-refractivity contribution in [1.29, 1.82) is 0 Å². The van der Waals surface area contributed by atoms with Gasteiger partial charge in [-0.05, 0) is 36.4 Å². The Kier molecular flexibility index (Phi) is 4.00. The molecule has 1 aromatic carbocycles. The topological polar surface area (TPSA) is 48.0 Å². The second kappa shape index (κ2) is 6.30. The van der Waals surface area contributed by atoms with Crippen LogP contribution >= 0.6 is 23.4 Å². The average molecular weight is 356 g/mol. The second-order valence-electron chi connectivity index (χ2n) is 5.36. The highest BCUT2D eigenvalue weighted by Gasteiger charge is 2.12. The van der Waals surface area contributed by atoms with Crippen molar-refractivity contribution < 1.29 is 0 Å². The van der Waals surface area contributed by atoms with Crippen LogP contribution in [0.25, 0.3) is 17.0 Å². The molecule has 0 saturated heterocycles. The molecule has 0 bridgehead atoms. The molecule has 0 amide bonds. The van der Waals surface area contributed by atoms with Crippen molar-refractivity contribution in [2.24, 2.45) is 7.05 Å². The van der Waals surface area contributed by atoms with Crippen molar-refractivity contribution in [3.8, 4) is 11.4 Å². The minimum atomic E-state index is 0.711. The van der Waals surface area contributed by atoms with Gasteiger partial charge in [0.15, 0.2) is 11.0 Å². The molecule has 0 fully saturated rings. The number of pyridine rings is 1. The molecular weight excluding hydrogens is 342 g/mol. The van der Waals surface area contributed by atoms with Crippen molar-refractivity contribution >= 4 is 29.0 Å². The zero-order valence-corrected chi connectivity index (χ0v) is 14.5. The number of aromatic nitrogens is 5. The lowest BCUT2D eigenvalue weighted by Crippen LogP contribution is -1.95. The molecular formula is C17H14ClN5S. The van der Waals surface area contributed by atoms with Crippen molar-refractivity contribution in [1.82, 2.24) is 24.1 Å². The molecule has 0 aliphatic heterocycles. The van der Waals surface area contributed by atoms with Gasteiger partial charge in [0.25, 0.3) is 0 Å². The third-order valence-electron chi connectivity index (χ3n) is 3.70. The molecule has 0 aliphatic carbocycles. The van der Waals surface area contributed by atoms with Gasteiger partial charge in [-0.2, -0.15) is 0 Å². The number of thioether (sulfide) groups is 1. The van der Waals surface area contributed by atoms with Crippen molar-refractivity contribution in [3.05, 3.63) is 65.6 Å². The van der Waals surface area contributed by atoms with Crippen molar-refractivity contribution in [3.63, 3.8) is 0 Å². The quantitative estimate of drug-likeness (QED) is 0.518. The summed E-state index contributed by atoms with van der Waals surface area (Å²) in [5.41, 5.74) is 2.96. The molecule has 0 unspecified atom stereocenters. The van der Waals surface area contributed by atoms with Gasteiger partial charge >= 0.3 is 0 Å². The van der Waals surface area contributed by atoms with Crippen LogP contribution in [0, 0.1) is 0 Å². The molecule has 0 N–H and O–H groups in total. The maximum absolute atomic E-state index is 5.94. The van der Waals surface area contributed by atoms with Gasteiger partial charge in [-0.3, -0.25) is 0 Å². The number of rotatable bonds is 4. The fourth-order valence-electron chi connectivity index (χ4n) is 2.49. The molecule has 4 rings (SSSR count). The van der Waals surface area contributed by atoms with Gasteiger partial charge in [0.2, 0.25) is 0 Å². The zero-order chi connectivity index (χ0) is 16.5. The first-order valence-corrected chi connectivity index (χ1v) is 8.78. The Morgan fingerprint density at radius 3 is 2.71 bits per heavy atom. The van der Waals surface area contributed by atoms with Crippen LogP contribution < -0.4 is 0 Å². The summed E-state index contributed by atoms with van der Waals surface area (Å²) in [6.45, 7) is 0. The van der Waals surface area contributed by atoms with Gasteiger partial charge in [0.05, 0.1) is 5.69 Å². The summed E-state index contributed by atoms with van der Waals surface area (Å²) in [6.07, 6.45) is 4.04. The molecule has 0 spiro atoms. The van der Waals surface area contributed by atoms with Gasteiger partial charge in [-0.1, -0.05) is 29.4 Å². The highest BCUT2D eigenvalue weighted by Crippen LogP contribution is 2.25. The predicted molar refractivity (Wildman–Crippen MR) is 96.2 cm³/mol. The molecule has 5 nitrogen and oxygen atoms in total. The number of halogens is 1. The number of fused-ring (bicyclic) bond motifs is 1. The third kappa shape index (κ3) is 2.90. The van der Waals surface area contributed by atoms with E-state index in [-0.39, 0.29) is 0 Å². The van der Waals surface area contributed by atoms with Gasteiger partial charge in [-0.15, -0.1) is 10.2 Å². The first-order chi connectivity index (χ1) is 11.7. The Morgan fingerprint density at radius 2 is 1.92 bits per heavy atom. The summed E-state index contributed by atoms with van der Waals surface area (Å²) in [5.74, 6) is 1.57. The molecule has 0 saturated carbocycles. The molecule has 120 valence electrons. The van der Waals surface area contributed by atoms with E-state index in [0.717, 1.165) is 33.6 Å². The van der Waals surface area contributed by atoms with Crippen molar-refractivity contribution in [2.75, 3.05) is 0 Å². The molecule has 4 aromatic rings. The van der Waals surface area contributed by atoms with Crippen LogP contribution in [-0.4, -0.2) is 24.1 Å². The van der Waals surface area contributed by atoms with Crippen LogP contribution in [0.15, 0.2) is 60.0 Å². The van der Waals surface area contributed by atoms with Gasteiger partial charge in [-0.25, -0.2) is 4.98 Å². The molecule has 3 aromatic heterocycles. The van der Waals surface area contributed by atoms with Crippen LogP contribution in [-0.2, 0) is 12.8 Å². The molecule has 0 atom stereocenters. The maximum atomic E-state index is 5.94. The van der Waals surface area contributed by atoms with Gasteiger partial charge < -0.3 is 8.97 Å². The highest BCUT2D eigenvalue weighted by molar-refractivity contribution is 7.98. The molecule has 3 heterocycles. The van der Waals surface area contributed by atoms with E-state index in [2.05, 4.69) is 15.2 Å². The zero-order valence-electron chi connectivity index (χ0n) is 12.9. The van der Waals surface area contributed by atoms with E-state index < -0.39 is 0 Å². The Bertz CT molecular complexity index is 957. The van der Waals surface area contributed by atoms with E-state index >= 15 is 0 Å². The Balaban J connectivity index is 1.54. The molecule has 24 heavy (non-hydrogen) atoms. The summed E-state index contributed by atoms with van der Waals surface area (Å²) in [5, 5.41) is 10.2. The van der Waals surface area contributed by atoms with Crippen LogP contribution in [0.3, 0.4) is 0 Å². The Hall–Kier alpha value is -2.31. The fraction of sp³-hybridized carbons (Fsp3) is 0.118. The van der Waals surface area contributed by atoms with E-state index in [4.69, 9.17) is 11.6 Å². The SMILES string of the molecule is Cn1c(SCc2cn3ccccc3n2)nnc1-c1ccc(Cl)cc1. The molecule has 7 heteroatoms. The summed E-state index contributed by atoms with van der Waals surface area (Å²) < 4.78 is 4.01. The second-order valence-corrected chi connectivity index (χ2v) is 6.74. The van der Waals surface area contributed by atoms with E-state index in [0.29, 0.717) is 5.02 Å². The first-order valence-electron chi connectivity index (χ1n) is 7.41.